The molecule has 0 amide bonds. The molecule has 1 aliphatic rings. The standard InChI is InChI=1S/C14H18O3/c1-2-10-5-3-4-6-13(10)17-12-8-7-11(9-12)14(15)16/h3-6,11-12H,2,7-9H2,1H3,(H,15,16). The molecule has 0 radical (unpaired) electrons. The lowest BCUT2D eigenvalue weighted by Crippen LogP contribution is -2.16. The van der Waals surface area contributed by atoms with Crippen LogP contribution in [-0.2, 0) is 11.2 Å². The topological polar surface area (TPSA) is 46.5 Å². The third-order valence-electron chi connectivity index (χ3n) is 3.38. The highest BCUT2D eigenvalue weighted by atomic mass is 16.5. The Morgan fingerprint density at radius 1 is 1.41 bits per heavy atom. The van der Waals surface area contributed by atoms with Gasteiger partial charge in [0.25, 0.3) is 0 Å². The number of carbonyl (C=O) groups is 1. The lowest BCUT2D eigenvalue weighted by atomic mass is 10.1. The van der Waals surface area contributed by atoms with Crippen LogP contribution in [0.4, 0.5) is 0 Å². The number of benzene rings is 1. The fourth-order valence-corrected chi connectivity index (χ4v) is 2.36. The second-order valence-electron chi connectivity index (χ2n) is 4.55. The number of aliphatic carboxylic acids is 1. The zero-order valence-corrected chi connectivity index (χ0v) is 10.1. The van der Waals surface area contributed by atoms with E-state index in [9.17, 15) is 4.79 Å². The number of rotatable bonds is 4. The molecule has 3 nitrogen and oxygen atoms in total. The molecule has 92 valence electrons. The summed E-state index contributed by atoms with van der Waals surface area (Å²) >= 11 is 0. The number of carboxylic acid groups (broad SMARTS) is 1. The van der Waals surface area contributed by atoms with E-state index in [-0.39, 0.29) is 12.0 Å². The lowest BCUT2D eigenvalue weighted by molar-refractivity contribution is -0.141. The van der Waals surface area contributed by atoms with E-state index in [1.54, 1.807) is 0 Å². The monoisotopic (exact) mass is 234 g/mol. The normalized spacial score (nSPS) is 23.6. The van der Waals surface area contributed by atoms with Gasteiger partial charge in [-0.1, -0.05) is 25.1 Å². The van der Waals surface area contributed by atoms with E-state index in [0.717, 1.165) is 25.0 Å². The molecule has 1 saturated carbocycles. The third-order valence-corrected chi connectivity index (χ3v) is 3.38. The van der Waals surface area contributed by atoms with Gasteiger partial charge in [-0.25, -0.2) is 0 Å². The van der Waals surface area contributed by atoms with Gasteiger partial charge in [-0.3, -0.25) is 4.79 Å². The molecule has 1 aromatic carbocycles. The smallest absolute Gasteiger partial charge is 0.306 e. The Hall–Kier alpha value is -1.51. The van der Waals surface area contributed by atoms with Gasteiger partial charge < -0.3 is 9.84 Å². The number of ether oxygens (including phenoxy) is 1. The van der Waals surface area contributed by atoms with Crippen LogP contribution in [0.3, 0.4) is 0 Å². The van der Waals surface area contributed by atoms with Crippen LogP contribution in [0.1, 0.15) is 31.7 Å². The molecule has 0 bridgehead atoms. The number of para-hydroxylation sites is 1. The van der Waals surface area contributed by atoms with E-state index in [0.29, 0.717) is 6.42 Å². The SMILES string of the molecule is CCc1ccccc1OC1CCC(C(=O)O)C1. The van der Waals surface area contributed by atoms with Crippen LogP contribution in [0.15, 0.2) is 24.3 Å². The molecule has 2 atom stereocenters. The summed E-state index contributed by atoms with van der Waals surface area (Å²) < 4.78 is 5.91. The fraction of sp³-hybridized carbons (Fsp3) is 0.500. The molecule has 0 aliphatic heterocycles. The molecular weight excluding hydrogens is 216 g/mol. The van der Waals surface area contributed by atoms with E-state index >= 15 is 0 Å². The first-order valence-corrected chi connectivity index (χ1v) is 6.18. The highest BCUT2D eigenvalue weighted by Crippen LogP contribution is 2.30. The van der Waals surface area contributed by atoms with Crippen molar-refractivity contribution in [2.45, 2.75) is 38.7 Å². The summed E-state index contributed by atoms with van der Waals surface area (Å²) in [5, 5.41) is 8.94. The molecule has 2 unspecified atom stereocenters. The summed E-state index contributed by atoms with van der Waals surface area (Å²) in [5.41, 5.74) is 1.19. The summed E-state index contributed by atoms with van der Waals surface area (Å²) in [4.78, 5) is 10.9. The van der Waals surface area contributed by atoms with Crippen LogP contribution in [0.2, 0.25) is 0 Å². The molecule has 0 heterocycles. The maximum atomic E-state index is 10.9. The van der Waals surface area contributed by atoms with Crippen molar-refractivity contribution in [3.05, 3.63) is 29.8 Å². The Labute approximate surface area is 101 Å². The second kappa shape index (κ2) is 5.21. The number of aryl methyl sites for hydroxylation is 1. The maximum Gasteiger partial charge on any atom is 0.306 e. The van der Waals surface area contributed by atoms with Gasteiger partial charge in [0.1, 0.15) is 5.75 Å². The van der Waals surface area contributed by atoms with Gasteiger partial charge in [0.05, 0.1) is 12.0 Å². The van der Waals surface area contributed by atoms with Crippen molar-refractivity contribution >= 4 is 5.97 Å². The molecule has 1 fully saturated rings. The summed E-state index contributed by atoms with van der Waals surface area (Å²) in [7, 11) is 0. The van der Waals surface area contributed by atoms with Crippen molar-refractivity contribution in [3.8, 4) is 5.75 Å². The molecule has 17 heavy (non-hydrogen) atoms. The molecule has 0 spiro atoms. The summed E-state index contributed by atoms with van der Waals surface area (Å²) in [6.45, 7) is 2.09. The number of hydrogen-bond acceptors (Lipinski definition) is 2. The Morgan fingerprint density at radius 2 is 2.18 bits per heavy atom. The summed E-state index contributed by atoms with van der Waals surface area (Å²) in [6.07, 6.45) is 3.20. The van der Waals surface area contributed by atoms with Crippen LogP contribution in [0.5, 0.6) is 5.75 Å². The zero-order chi connectivity index (χ0) is 12.3. The fourth-order valence-electron chi connectivity index (χ4n) is 2.36. The Kier molecular flexibility index (Phi) is 3.67. The minimum absolute atomic E-state index is 0.0591. The molecule has 0 saturated heterocycles. The van der Waals surface area contributed by atoms with E-state index < -0.39 is 5.97 Å². The molecule has 0 aromatic heterocycles. The van der Waals surface area contributed by atoms with Gasteiger partial charge in [-0.15, -0.1) is 0 Å². The minimum Gasteiger partial charge on any atom is -0.490 e. The van der Waals surface area contributed by atoms with Crippen molar-refractivity contribution < 1.29 is 14.6 Å². The minimum atomic E-state index is -0.695. The maximum absolute atomic E-state index is 10.9. The average Bonchev–Trinajstić information content (AvgIpc) is 2.78. The van der Waals surface area contributed by atoms with Crippen molar-refractivity contribution in [3.63, 3.8) is 0 Å². The molecule has 1 N–H and O–H groups in total. The van der Waals surface area contributed by atoms with E-state index in [2.05, 4.69) is 13.0 Å². The number of hydrogen-bond donors (Lipinski definition) is 1. The molecule has 1 aliphatic carbocycles. The van der Waals surface area contributed by atoms with Gasteiger partial charge >= 0.3 is 5.97 Å². The number of carboxylic acids is 1. The summed E-state index contributed by atoms with van der Waals surface area (Å²) in [5.74, 6) is -0.0142. The van der Waals surface area contributed by atoms with Crippen LogP contribution < -0.4 is 4.74 Å². The molecule has 2 rings (SSSR count). The van der Waals surface area contributed by atoms with Gasteiger partial charge in [-0.2, -0.15) is 0 Å². The van der Waals surface area contributed by atoms with Crippen molar-refractivity contribution in [2.24, 2.45) is 5.92 Å². The van der Waals surface area contributed by atoms with Crippen LogP contribution >= 0.6 is 0 Å². The van der Waals surface area contributed by atoms with Gasteiger partial charge in [0.15, 0.2) is 0 Å². The Balaban J connectivity index is 2.00. The quantitative estimate of drug-likeness (QED) is 0.871. The molecule has 3 heteroatoms. The average molecular weight is 234 g/mol. The highest BCUT2D eigenvalue weighted by molar-refractivity contribution is 5.70. The summed E-state index contributed by atoms with van der Waals surface area (Å²) in [6, 6.07) is 7.98. The first kappa shape index (κ1) is 12.0. The highest BCUT2D eigenvalue weighted by Gasteiger charge is 2.31. The Morgan fingerprint density at radius 3 is 2.82 bits per heavy atom. The first-order valence-electron chi connectivity index (χ1n) is 6.18. The van der Waals surface area contributed by atoms with Crippen molar-refractivity contribution in [1.82, 2.24) is 0 Å². The molecular formula is C14H18O3. The third kappa shape index (κ3) is 2.78. The lowest BCUT2D eigenvalue weighted by Gasteiger charge is -2.16. The van der Waals surface area contributed by atoms with Gasteiger partial charge in [0.2, 0.25) is 0 Å². The van der Waals surface area contributed by atoms with Crippen molar-refractivity contribution in [2.75, 3.05) is 0 Å². The van der Waals surface area contributed by atoms with Gasteiger partial charge in [-0.05, 0) is 37.3 Å². The molecule has 1 aromatic rings. The van der Waals surface area contributed by atoms with E-state index in [1.165, 1.54) is 5.56 Å². The zero-order valence-electron chi connectivity index (χ0n) is 10.1. The van der Waals surface area contributed by atoms with Crippen molar-refractivity contribution in [1.29, 1.82) is 0 Å². The predicted octanol–water partition coefficient (Wildman–Crippen LogP) is 2.88. The predicted molar refractivity (Wildman–Crippen MR) is 65.2 cm³/mol. The second-order valence-corrected chi connectivity index (χ2v) is 4.55. The van der Waals surface area contributed by atoms with Crippen LogP contribution in [0, 0.1) is 5.92 Å². The van der Waals surface area contributed by atoms with E-state index in [4.69, 9.17) is 9.84 Å². The van der Waals surface area contributed by atoms with E-state index in [1.807, 2.05) is 18.2 Å². The first-order chi connectivity index (χ1) is 8.20. The van der Waals surface area contributed by atoms with Crippen LogP contribution in [0.25, 0.3) is 0 Å². The van der Waals surface area contributed by atoms with Crippen LogP contribution in [-0.4, -0.2) is 17.2 Å². The largest absolute Gasteiger partial charge is 0.490 e. The van der Waals surface area contributed by atoms with Gasteiger partial charge in [0, 0.05) is 0 Å². The Bertz CT molecular complexity index is 400.